The summed E-state index contributed by atoms with van der Waals surface area (Å²) in [7, 11) is 0. The quantitative estimate of drug-likeness (QED) is 0.841. The van der Waals surface area contributed by atoms with Gasteiger partial charge in [0.1, 0.15) is 0 Å². The molecule has 0 aliphatic carbocycles. The molecule has 1 aromatic carbocycles. The van der Waals surface area contributed by atoms with Gasteiger partial charge in [-0.25, -0.2) is 0 Å². The summed E-state index contributed by atoms with van der Waals surface area (Å²) in [5.74, 6) is 0. The Hall–Kier alpha value is -0.640. The Morgan fingerprint density at radius 1 is 1.30 bits per heavy atom. The lowest BCUT2D eigenvalue weighted by atomic mass is 9.82. The van der Waals surface area contributed by atoms with E-state index in [1.807, 2.05) is 0 Å². The van der Waals surface area contributed by atoms with E-state index in [0.29, 0.717) is 12.6 Å². The molecule has 0 saturated carbocycles. The highest BCUT2D eigenvalue weighted by molar-refractivity contribution is 9.10. The highest BCUT2D eigenvalue weighted by Crippen LogP contribution is 2.34. The zero-order valence-electron chi connectivity index (χ0n) is 12.7. The van der Waals surface area contributed by atoms with Crippen LogP contribution in [0.15, 0.2) is 40.4 Å². The minimum atomic E-state index is 0.289. The van der Waals surface area contributed by atoms with E-state index in [4.69, 9.17) is 5.73 Å². The fraction of sp³-hybridized carbons (Fsp3) is 0.529. The molecule has 2 rings (SSSR count). The van der Waals surface area contributed by atoms with Crippen LogP contribution in [0.4, 0.5) is 0 Å². The van der Waals surface area contributed by atoms with Crippen molar-refractivity contribution in [3.8, 4) is 0 Å². The fourth-order valence-corrected chi connectivity index (χ4v) is 3.42. The van der Waals surface area contributed by atoms with Crippen molar-refractivity contribution in [3.05, 3.63) is 46.0 Å². The number of hydrogen-bond donors (Lipinski definition) is 1. The van der Waals surface area contributed by atoms with Gasteiger partial charge in [-0.2, -0.15) is 0 Å². The molecule has 110 valence electrons. The molecule has 1 aromatic rings. The van der Waals surface area contributed by atoms with E-state index in [1.165, 1.54) is 5.56 Å². The molecular weight excluding hydrogens is 312 g/mol. The Bertz CT molecular complexity index is 488. The smallest absolute Gasteiger partial charge is 0.0485 e. The van der Waals surface area contributed by atoms with Gasteiger partial charge in [0.15, 0.2) is 0 Å². The first-order valence-electron chi connectivity index (χ1n) is 7.31. The van der Waals surface area contributed by atoms with Crippen LogP contribution in [-0.2, 0) is 0 Å². The third-order valence-electron chi connectivity index (χ3n) is 4.13. The van der Waals surface area contributed by atoms with E-state index < -0.39 is 0 Å². The summed E-state index contributed by atoms with van der Waals surface area (Å²) in [5.41, 5.74) is 9.19. The SMILES string of the molecule is CC(C)(C)C1=CCN(C(CN)c2ccccc2Br)CC1. The van der Waals surface area contributed by atoms with Gasteiger partial charge in [0.05, 0.1) is 0 Å². The zero-order chi connectivity index (χ0) is 14.8. The molecule has 0 fully saturated rings. The Morgan fingerprint density at radius 2 is 2.00 bits per heavy atom. The molecule has 0 spiro atoms. The number of nitrogens with zero attached hydrogens (tertiary/aromatic N) is 1. The van der Waals surface area contributed by atoms with Crippen molar-refractivity contribution in [1.82, 2.24) is 4.90 Å². The van der Waals surface area contributed by atoms with Crippen molar-refractivity contribution >= 4 is 15.9 Å². The minimum absolute atomic E-state index is 0.289. The fourth-order valence-electron chi connectivity index (χ4n) is 2.87. The highest BCUT2D eigenvalue weighted by Gasteiger charge is 2.26. The number of nitrogens with two attached hydrogens (primary N) is 1. The van der Waals surface area contributed by atoms with Crippen LogP contribution in [0.2, 0.25) is 0 Å². The summed E-state index contributed by atoms with van der Waals surface area (Å²) in [6.07, 6.45) is 3.54. The lowest BCUT2D eigenvalue weighted by Crippen LogP contribution is -2.38. The summed E-state index contributed by atoms with van der Waals surface area (Å²) in [5, 5.41) is 0. The molecule has 20 heavy (non-hydrogen) atoms. The normalized spacial score (nSPS) is 18.8. The number of hydrogen-bond acceptors (Lipinski definition) is 2. The van der Waals surface area contributed by atoms with Crippen LogP contribution in [0.25, 0.3) is 0 Å². The Balaban J connectivity index is 2.16. The second-order valence-electron chi connectivity index (χ2n) is 6.50. The van der Waals surface area contributed by atoms with E-state index in [-0.39, 0.29) is 5.41 Å². The summed E-state index contributed by atoms with van der Waals surface area (Å²) in [6.45, 7) is 9.62. The molecule has 1 aliphatic rings. The van der Waals surface area contributed by atoms with Gasteiger partial charge in [0.25, 0.3) is 0 Å². The van der Waals surface area contributed by atoms with Crippen molar-refractivity contribution < 1.29 is 0 Å². The van der Waals surface area contributed by atoms with Crippen LogP contribution < -0.4 is 5.73 Å². The first-order valence-corrected chi connectivity index (χ1v) is 8.11. The van der Waals surface area contributed by atoms with Gasteiger partial charge in [0, 0.05) is 30.1 Å². The van der Waals surface area contributed by atoms with Crippen molar-refractivity contribution in [1.29, 1.82) is 0 Å². The Kier molecular flexibility index (Phi) is 5.05. The molecule has 0 radical (unpaired) electrons. The van der Waals surface area contributed by atoms with Crippen LogP contribution in [0.3, 0.4) is 0 Å². The largest absolute Gasteiger partial charge is 0.329 e. The van der Waals surface area contributed by atoms with Crippen LogP contribution >= 0.6 is 15.9 Å². The predicted octanol–water partition coefficient (Wildman–Crippen LogP) is 4.13. The lowest BCUT2D eigenvalue weighted by molar-refractivity contribution is 0.209. The number of benzene rings is 1. The standard InChI is InChI=1S/C17H25BrN2/c1-17(2,3)13-8-10-20(11-9-13)16(12-19)14-6-4-5-7-15(14)18/h4-8,16H,9-12,19H2,1-3H3. The second kappa shape index (κ2) is 6.42. The van der Waals surface area contributed by atoms with Crippen LogP contribution in [0, 0.1) is 5.41 Å². The van der Waals surface area contributed by atoms with Crippen molar-refractivity contribution in [2.24, 2.45) is 11.1 Å². The van der Waals surface area contributed by atoms with Gasteiger partial charge < -0.3 is 5.73 Å². The van der Waals surface area contributed by atoms with Crippen molar-refractivity contribution in [3.63, 3.8) is 0 Å². The monoisotopic (exact) mass is 336 g/mol. The summed E-state index contributed by atoms with van der Waals surface area (Å²) < 4.78 is 1.15. The molecule has 1 unspecified atom stereocenters. The minimum Gasteiger partial charge on any atom is -0.329 e. The third-order valence-corrected chi connectivity index (χ3v) is 4.85. The molecule has 1 aliphatic heterocycles. The van der Waals surface area contributed by atoms with E-state index in [9.17, 15) is 0 Å². The average Bonchev–Trinajstić information content (AvgIpc) is 2.41. The van der Waals surface area contributed by atoms with Crippen LogP contribution in [0.1, 0.15) is 38.8 Å². The highest BCUT2D eigenvalue weighted by atomic mass is 79.9. The summed E-state index contributed by atoms with van der Waals surface area (Å²) in [6, 6.07) is 8.70. The van der Waals surface area contributed by atoms with Crippen LogP contribution in [0.5, 0.6) is 0 Å². The Labute approximate surface area is 131 Å². The van der Waals surface area contributed by atoms with E-state index in [1.54, 1.807) is 5.57 Å². The number of halogens is 1. The second-order valence-corrected chi connectivity index (χ2v) is 7.35. The van der Waals surface area contributed by atoms with Crippen molar-refractivity contribution in [2.75, 3.05) is 19.6 Å². The molecule has 1 atom stereocenters. The van der Waals surface area contributed by atoms with Gasteiger partial charge >= 0.3 is 0 Å². The van der Waals surface area contributed by atoms with E-state index in [0.717, 1.165) is 24.0 Å². The van der Waals surface area contributed by atoms with Gasteiger partial charge in [0.2, 0.25) is 0 Å². The maximum absolute atomic E-state index is 6.04. The predicted molar refractivity (Wildman–Crippen MR) is 89.7 cm³/mol. The molecule has 2 N–H and O–H groups in total. The zero-order valence-corrected chi connectivity index (χ0v) is 14.3. The van der Waals surface area contributed by atoms with Gasteiger partial charge in [-0.05, 0) is 23.5 Å². The molecule has 0 bridgehead atoms. The topological polar surface area (TPSA) is 29.3 Å². The third kappa shape index (κ3) is 3.51. The maximum atomic E-state index is 6.04. The van der Waals surface area contributed by atoms with E-state index >= 15 is 0 Å². The first-order chi connectivity index (χ1) is 9.43. The molecule has 0 aromatic heterocycles. The van der Waals surface area contributed by atoms with Crippen molar-refractivity contribution in [2.45, 2.75) is 33.2 Å². The molecular formula is C17H25BrN2. The molecule has 0 saturated heterocycles. The molecule has 0 amide bonds. The average molecular weight is 337 g/mol. The van der Waals surface area contributed by atoms with E-state index in [2.05, 4.69) is 71.9 Å². The number of rotatable bonds is 3. The summed E-state index contributed by atoms with van der Waals surface area (Å²) >= 11 is 3.65. The van der Waals surface area contributed by atoms with Gasteiger partial charge in [-0.3, -0.25) is 4.90 Å². The van der Waals surface area contributed by atoms with Gasteiger partial charge in [-0.1, -0.05) is 66.5 Å². The summed E-state index contributed by atoms with van der Waals surface area (Å²) in [4.78, 5) is 2.48. The lowest BCUT2D eigenvalue weighted by Gasteiger charge is -2.37. The van der Waals surface area contributed by atoms with Gasteiger partial charge in [-0.15, -0.1) is 0 Å². The first kappa shape index (κ1) is 15.7. The molecule has 1 heterocycles. The molecule has 3 heteroatoms. The Morgan fingerprint density at radius 3 is 2.50 bits per heavy atom. The maximum Gasteiger partial charge on any atom is 0.0485 e. The molecule has 2 nitrogen and oxygen atoms in total. The van der Waals surface area contributed by atoms with Crippen LogP contribution in [-0.4, -0.2) is 24.5 Å².